The van der Waals surface area contributed by atoms with Crippen molar-refractivity contribution >= 4 is 22.7 Å². The van der Waals surface area contributed by atoms with Crippen molar-refractivity contribution in [3.63, 3.8) is 0 Å². The molecule has 0 radical (unpaired) electrons. The van der Waals surface area contributed by atoms with Gasteiger partial charge in [-0.1, -0.05) is 39.3 Å². The predicted molar refractivity (Wildman–Crippen MR) is 73.1 cm³/mol. The number of nitrogens with zero attached hydrogens (tertiary/aromatic N) is 1. The number of aryl methyl sites for hydroxylation is 1. The molecule has 3 nitrogen and oxygen atoms in total. The maximum absolute atomic E-state index is 12.0. The summed E-state index contributed by atoms with van der Waals surface area (Å²) < 4.78 is 44.8. The van der Waals surface area contributed by atoms with Crippen LogP contribution in [0.4, 0.5) is 13.2 Å². The van der Waals surface area contributed by atoms with Crippen molar-refractivity contribution in [1.82, 2.24) is 4.98 Å². The SMILES string of the molecule is CC.CC.Cc1nc2cc(OC(F)(F)F)c(Cl)cc2o1. The van der Waals surface area contributed by atoms with Crippen LogP contribution in [-0.4, -0.2) is 11.3 Å². The van der Waals surface area contributed by atoms with E-state index >= 15 is 0 Å². The molecule has 114 valence electrons. The first-order chi connectivity index (χ1) is 9.35. The number of fused-ring (bicyclic) bond motifs is 1. The highest BCUT2D eigenvalue weighted by Crippen LogP contribution is 2.33. The molecular weight excluding hydrogens is 295 g/mol. The van der Waals surface area contributed by atoms with E-state index < -0.39 is 12.1 Å². The van der Waals surface area contributed by atoms with E-state index in [1.165, 1.54) is 6.07 Å². The maximum atomic E-state index is 12.0. The molecule has 0 fully saturated rings. The number of oxazole rings is 1. The molecule has 1 aromatic carbocycles. The van der Waals surface area contributed by atoms with Gasteiger partial charge in [0.2, 0.25) is 0 Å². The normalized spacial score (nSPS) is 10.2. The standard InChI is InChI=1S/C9H5ClF3NO2.2C2H6/c1-4-14-6-3-7(16-9(11,12)13)5(10)2-8(6)15-4;2*1-2/h2-3H,1H3;2*1-2H3. The summed E-state index contributed by atoms with van der Waals surface area (Å²) in [5.41, 5.74) is 0.582. The van der Waals surface area contributed by atoms with E-state index in [2.05, 4.69) is 9.72 Å². The van der Waals surface area contributed by atoms with E-state index in [1.54, 1.807) is 6.92 Å². The smallest absolute Gasteiger partial charge is 0.441 e. The van der Waals surface area contributed by atoms with E-state index in [0.29, 0.717) is 11.5 Å². The first kappa shape index (κ1) is 18.6. The third-order valence-corrected chi connectivity index (χ3v) is 2.07. The fourth-order valence-electron chi connectivity index (χ4n) is 1.25. The highest BCUT2D eigenvalue weighted by molar-refractivity contribution is 6.32. The van der Waals surface area contributed by atoms with Gasteiger partial charge in [0.25, 0.3) is 0 Å². The van der Waals surface area contributed by atoms with Crippen LogP contribution in [0.25, 0.3) is 11.1 Å². The van der Waals surface area contributed by atoms with Gasteiger partial charge in [0.1, 0.15) is 11.3 Å². The lowest BCUT2D eigenvalue weighted by molar-refractivity contribution is -0.274. The fraction of sp³-hybridized carbons (Fsp3) is 0.462. The summed E-state index contributed by atoms with van der Waals surface area (Å²) >= 11 is 5.61. The number of hydrogen-bond acceptors (Lipinski definition) is 3. The van der Waals surface area contributed by atoms with Gasteiger partial charge in [0.15, 0.2) is 11.5 Å². The van der Waals surface area contributed by atoms with Gasteiger partial charge < -0.3 is 9.15 Å². The molecule has 0 unspecified atom stereocenters. The summed E-state index contributed by atoms with van der Waals surface area (Å²) in [5, 5.41) is -0.180. The van der Waals surface area contributed by atoms with Gasteiger partial charge in [0.05, 0.1) is 5.02 Å². The van der Waals surface area contributed by atoms with Crippen molar-refractivity contribution in [2.45, 2.75) is 41.0 Å². The van der Waals surface area contributed by atoms with Crippen LogP contribution in [-0.2, 0) is 0 Å². The second-order valence-electron chi connectivity index (χ2n) is 3.03. The Hall–Kier alpha value is -1.43. The number of ether oxygens (including phenoxy) is 1. The lowest BCUT2D eigenvalue weighted by Crippen LogP contribution is -2.17. The van der Waals surface area contributed by atoms with Crippen molar-refractivity contribution in [2.75, 3.05) is 0 Å². The van der Waals surface area contributed by atoms with Crippen molar-refractivity contribution in [1.29, 1.82) is 0 Å². The number of hydrogen-bond donors (Lipinski definition) is 0. The monoisotopic (exact) mass is 311 g/mol. The van der Waals surface area contributed by atoms with E-state index in [1.807, 2.05) is 27.7 Å². The van der Waals surface area contributed by atoms with E-state index in [0.717, 1.165) is 6.07 Å². The van der Waals surface area contributed by atoms with Crippen LogP contribution in [0.15, 0.2) is 16.5 Å². The van der Waals surface area contributed by atoms with Gasteiger partial charge >= 0.3 is 6.36 Å². The van der Waals surface area contributed by atoms with Crippen molar-refractivity contribution in [3.8, 4) is 5.75 Å². The van der Waals surface area contributed by atoms with Crippen molar-refractivity contribution < 1.29 is 22.3 Å². The Kier molecular flexibility index (Phi) is 7.42. The predicted octanol–water partition coefficient (Wildman–Crippen LogP) is 5.74. The Bertz CT molecular complexity index is 538. The molecule has 0 amide bonds. The first-order valence-electron chi connectivity index (χ1n) is 6.17. The molecule has 0 bridgehead atoms. The molecule has 0 spiro atoms. The topological polar surface area (TPSA) is 35.3 Å². The zero-order valence-electron chi connectivity index (χ0n) is 11.9. The Balaban J connectivity index is 0.000000829. The molecular formula is C13H17ClF3NO2. The van der Waals surface area contributed by atoms with Gasteiger partial charge in [-0.25, -0.2) is 4.98 Å². The minimum Gasteiger partial charge on any atom is -0.441 e. The van der Waals surface area contributed by atoms with Gasteiger partial charge in [-0.15, -0.1) is 13.2 Å². The van der Waals surface area contributed by atoms with Crippen LogP contribution in [0.1, 0.15) is 33.6 Å². The van der Waals surface area contributed by atoms with Crippen LogP contribution in [0.3, 0.4) is 0 Å². The minimum absolute atomic E-state index is 0.180. The molecule has 20 heavy (non-hydrogen) atoms. The largest absolute Gasteiger partial charge is 0.573 e. The van der Waals surface area contributed by atoms with E-state index in [4.69, 9.17) is 16.0 Å². The Morgan fingerprint density at radius 2 is 1.70 bits per heavy atom. The zero-order chi connectivity index (χ0) is 15.9. The second-order valence-corrected chi connectivity index (χ2v) is 3.44. The molecule has 2 aromatic rings. The van der Waals surface area contributed by atoms with Crippen molar-refractivity contribution in [2.24, 2.45) is 0 Å². The quantitative estimate of drug-likeness (QED) is 0.673. The highest BCUT2D eigenvalue weighted by atomic mass is 35.5. The van der Waals surface area contributed by atoms with E-state index in [9.17, 15) is 13.2 Å². The second kappa shape index (κ2) is 7.99. The Morgan fingerprint density at radius 1 is 1.15 bits per heavy atom. The van der Waals surface area contributed by atoms with Gasteiger partial charge in [-0.3, -0.25) is 0 Å². The minimum atomic E-state index is -4.78. The number of halogens is 4. The lowest BCUT2D eigenvalue weighted by Gasteiger charge is -2.09. The zero-order valence-corrected chi connectivity index (χ0v) is 12.7. The summed E-state index contributed by atoms with van der Waals surface area (Å²) in [6.07, 6.45) is -4.78. The molecule has 1 heterocycles. The molecule has 1 aromatic heterocycles. The number of alkyl halides is 3. The fourth-order valence-corrected chi connectivity index (χ4v) is 1.44. The first-order valence-corrected chi connectivity index (χ1v) is 6.55. The molecule has 0 aliphatic heterocycles. The van der Waals surface area contributed by atoms with Crippen molar-refractivity contribution in [3.05, 3.63) is 23.0 Å². The molecule has 0 aliphatic carbocycles. The van der Waals surface area contributed by atoms with Gasteiger partial charge in [0, 0.05) is 19.1 Å². The van der Waals surface area contributed by atoms with Crippen LogP contribution in [0.5, 0.6) is 5.75 Å². The summed E-state index contributed by atoms with van der Waals surface area (Å²) in [5.74, 6) is -0.148. The highest BCUT2D eigenvalue weighted by Gasteiger charge is 2.32. The molecule has 7 heteroatoms. The summed E-state index contributed by atoms with van der Waals surface area (Å²) in [4.78, 5) is 3.87. The van der Waals surface area contributed by atoms with Crippen LogP contribution in [0, 0.1) is 6.92 Å². The average Bonchev–Trinajstić information content (AvgIpc) is 2.72. The van der Waals surface area contributed by atoms with Gasteiger partial charge in [-0.05, 0) is 0 Å². The molecule has 0 atom stereocenters. The van der Waals surface area contributed by atoms with Crippen LogP contribution in [0.2, 0.25) is 5.02 Å². The molecule has 0 saturated heterocycles. The molecule has 0 saturated carbocycles. The van der Waals surface area contributed by atoms with Crippen LogP contribution < -0.4 is 4.74 Å². The third kappa shape index (κ3) is 5.28. The van der Waals surface area contributed by atoms with E-state index in [-0.39, 0.29) is 10.5 Å². The van der Waals surface area contributed by atoms with Gasteiger partial charge in [-0.2, -0.15) is 0 Å². The molecule has 0 N–H and O–H groups in total. The summed E-state index contributed by atoms with van der Waals surface area (Å²) in [7, 11) is 0. The maximum Gasteiger partial charge on any atom is 0.573 e. The Morgan fingerprint density at radius 3 is 2.20 bits per heavy atom. The summed E-state index contributed by atoms with van der Waals surface area (Å²) in [6, 6.07) is 2.32. The average molecular weight is 312 g/mol. The Labute approximate surface area is 120 Å². The molecule has 2 rings (SSSR count). The number of aromatic nitrogens is 1. The molecule has 0 aliphatic rings. The number of benzene rings is 1. The third-order valence-electron chi connectivity index (χ3n) is 1.77. The van der Waals surface area contributed by atoms with Crippen LogP contribution >= 0.6 is 11.6 Å². The lowest BCUT2D eigenvalue weighted by atomic mass is 10.3. The summed E-state index contributed by atoms with van der Waals surface area (Å²) in [6.45, 7) is 9.58. The number of rotatable bonds is 1.